The van der Waals surface area contributed by atoms with Gasteiger partial charge >= 0.3 is 0 Å². The third kappa shape index (κ3) is 3.76. The highest BCUT2D eigenvalue weighted by molar-refractivity contribution is 5.40. The Labute approximate surface area is 128 Å². The van der Waals surface area contributed by atoms with Crippen LogP contribution >= 0.6 is 0 Å². The summed E-state index contributed by atoms with van der Waals surface area (Å²) in [5.41, 5.74) is 2.13. The molecule has 2 rings (SSSR count). The Bertz CT molecular complexity index is 456. The van der Waals surface area contributed by atoms with Gasteiger partial charge in [0, 0.05) is 32.2 Å². The molecule has 2 unspecified atom stereocenters. The number of hydrogen-bond donors (Lipinski definition) is 2. The maximum atomic E-state index is 10.7. The molecule has 0 amide bonds. The van der Waals surface area contributed by atoms with Crippen molar-refractivity contribution in [1.82, 2.24) is 10.2 Å². The Morgan fingerprint density at radius 1 is 1.19 bits per heavy atom. The number of methoxy groups -OCH3 is 1. The molecule has 1 aromatic rings. The van der Waals surface area contributed by atoms with E-state index in [1.54, 1.807) is 7.11 Å². The van der Waals surface area contributed by atoms with Gasteiger partial charge in [-0.1, -0.05) is 19.9 Å². The van der Waals surface area contributed by atoms with E-state index in [9.17, 15) is 5.11 Å². The van der Waals surface area contributed by atoms with Crippen molar-refractivity contribution >= 4 is 0 Å². The van der Waals surface area contributed by atoms with E-state index in [1.807, 2.05) is 12.1 Å². The number of hydrogen-bond acceptors (Lipinski definition) is 4. The van der Waals surface area contributed by atoms with Crippen LogP contribution in [0.5, 0.6) is 5.75 Å². The standard InChI is InChI=1S/C17H28N2O2/c1-12(2)15-11-14(5-6-16(15)21-4)17(20)13(3)19-9-7-18-8-10-19/h5-6,11-13,17-18,20H,7-10H2,1-4H3. The first kappa shape index (κ1) is 16.3. The van der Waals surface area contributed by atoms with Crippen LogP contribution in [0.1, 0.15) is 43.9 Å². The van der Waals surface area contributed by atoms with Gasteiger partial charge in [-0.2, -0.15) is 0 Å². The smallest absolute Gasteiger partial charge is 0.122 e. The summed E-state index contributed by atoms with van der Waals surface area (Å²) in [5.74, 6) is 1.28. The van der Waals surface area contributed by atoms with Gasteiger partial charge in [0.2, 0.25) is 0 Å². The van der Waals surface area contributed by atoms with Crippen LogP contribution in [0.15, 0.2) is 18.2 Å². The van der Waals surface area contributed by atoms with Gasteiger partial charge in [0.25, 0.3) is 0 Å². The molecule has 0 aliphatic carbocycles. The second-order valence-electron chi connectivity index (χ2n) is 6.13. The van der Waals surface area contributed by atoms with Crippen LogP contribution in [0.25, 0.3) is 0 Å². The average molecular weight is 292 g/mol. The molecule has 0 saturated carbocycles. The Kier molecular flexibility index (Phi) is 5.62. The van der Waals surface area contributed by atoms with Gasteiger partial charge in [0.15, 0.2) is 0 Å². The van der Waals surface area contributed by atoms with E-state index in [0.717, 1.165) is 43.1 Å². The fourth-order valence-corrected chi connectivity index (χ4v) is 2.96. The van der Waals surface area contributed by atoms with Crippen LogP contribution in [0.2, 0.25) is 0 Å². The van der Waals surface area contributed by atoms with E-state index in [2.05, 4.69) is 37.1 Å². The van der Waals surface area contributed by atoms with E-state index in [0.29, 0.717) is 5.92 Å². The minimum absolute atomic E-state index is 0.125. The molecule has 4 heteroatoms. The molecule has 1 aliphatic rings. The summed E-state index contributed by atoms with van der Waals surface area (Å²) in [4.78, 5) is 2.35. The topological polar surface area (TPSA) is 44.7 Å². The molecule has 1 aliphatic heterocycles. The zero-order valence-corrected chi connectivity index (χ0v) is 13.6. The lowest BCUT2D eigenvalue weighted by molar-refractivity contribution is 0.0509. The third-order valence-electron chi connectivity index (χ3n) is 4.40. The lowest BCUT2D eigenvalue weighted by Crippen LogP contribution is -2.49. The summed E-state index contributed by atoms with van der Waals surface area (Å²) in [5, 5.41) is 14.1. The van der Waals surface area contributed by atoms with E-state index in [1.165, 1.54) is 0 Å². The number of piperazine rings is 1. The molecule has 0 radical (unpaired) electrons. The largest absolute Gasteiger partial charge is 0.496 e. The molecule has 21 heavy (non-hydrogen) atoms. The molecular formula is C17H28N2O2. The van der Waals surface area contributed by atoms with Crippen LogP contribution in [-0.2, 0) is 0 Å². The second kappa shape index (κ2) is 7.25. The van der Waals surface area contributed by atoms with E-state index in [-0.39, 0.29) is 6.04 Å². The predicted molar refractivity (Wildman–Crippen MR) is 85.9 cm³/mol. The van der Waals surface area contributed by atoms with Gasteiger partial charge in [-0.25, -0.2) is 0 Å². The minimum Gasteiger partial charge on any atom is -0.496 e. The van der Waals surface area contributed by atoms with Crippen molar-refractivity contribution in [2.24, 2.45) is 0 Å². The average Bonchev–Trinajstić information content (AvgIpc) is 2.53. The lowest BCUT2D eigenvalue weighted by atomic mass is 9.95. The lowest BCUT2D eigenvalue weighted by Gasteiger charge is -2.35. The first-order valence-corrected chi connectivity index (χ1v) is 7.85. The Hall–Kier alpha value is -1.10. The predicted octanol–water partition coefficient (Wildman–Crippen LogP) is 2.15. The van der Waals surface area contributed by atoms with Gasteiger partial charge in [0.05, 0.1) is 13.2 Å². The molecule has 2 N–H and O–H groups in total. The molecule has 2 atom stereocenters. The van der Waals surface area contributed by atoms with Crippen LogP contribution < -0.4 is 10.1 Å². The fraction of sp³-hybridized carbons (Fsp3) is 0.647. The number of aliphatic hydroxyl groups excluding tert-OH is 1. The summed E-state index contributed by atoms with van der Waals surface area (Å²) >= 11 is 0. The molecule has 1 fully saturated rings. The zero-order chi connectivity index (χ0) is 15.4. The molecule has 0 spiro atoms. The van der Waals surface area contributed by atoms with Crippen molar-refractivity contribution < 1.29 is 9.84 Å². The van der Waals surface area contributed by atoms with Gasteiger partial charge in [-0.3, -0.25) is 4.90 Å². The highest BCUT2D eigenvalue weighted by atomic mass is 16.5. The number of nitrogens with zero attached hydrogens (tertiary/aromatic N) is 1. The van der Waals surface area contributed by atoms with Gasteiger partial charge in [0.1, 0.15) is 5.75 Å². The molecule has 1 heterocycles. The summed E-state index contributed by atoms with van der Waals surface area (Å²) in [7, 11) is 1.70. The number of aliphatic hydroxyl groups is 1. The van der Waals surface area contributed by atoms with Crippen molar-refractivity contribution in [2.75, 3.05) is 33.3 Å². The fourth-order valence-electron chi connectivity index (χ4n) is 2.96. The molecule has 4 nitrogen and oxygen atoms in total. The Balaban J connectivity index is 2.17. The SMILES string of the molecule is COc1ccc(C(O)C(C)N2CCNCC2)cc1C(C)C. The molecule has 1 saturated heterocycles. The second-order valence-corrected chi connectivity index (χ2v) is 6.13. The van der Waals surface area contributed by atoms with E-state index in [4.69, 9.17) is 4.74 Å². The van der Waals surface area contributed by atoms with Crippen molar-refractivity contribution in [3.05, 3.63) is 29.3 Å². The quantitative estimate of drug-likeness (QED) is 0.873. The monoisotopic (exact) mass is 292 g/mol. The van der Waals surface area contributed by atoms with E-state index >= 15 is 0 Å². The number of nitrogens with one attached hydrogen (secondary N) is 1. The third-order valence-corrected chi connectivity index (χ3v) is 4.40. The maximum absolute atomic E-state index is 10.7. The van der Waals surface area contributed by atoms with Crippen molar-refractivity contribution in [3.8, 4) is 5.75 Å². The first-order valence-electron chi connectivity index (χ1n) is 7.85. The van der Waals surface area contributed by atoms with E-state index < -0.39 is 6.10 Å². The number of rotatable bonds is 5. The molecule has 0 aromatic heterocycles. The van der Waals surface area contributed by atoms with Crippen molar-refractivity contribution in [2.45, 2.75) is 38.8 Å². The molecule has 1 aromatic carbocycles. The molecule has 118 valence electrons. The van der Waals surface area contributed by atoms with Gasteiger partial charge < -0.3 is 15.2 Å². The molecular weight excluding hydrogens is 264 g/mol. The highest BCUT2D eigenvalue weighted by Gasteiger charge is 2.25. The number of benzene rings is 1. The summed E-state index contributed by atoms with van der Waals surface area (Å²) < 4.78 is 5.42. The highest BCUT2D eigenvalue weighted by Crippen LogP contribution is 2.31. The Morgan fingerprint density at radius 3 is 2.43 bits per heavy atom. The van der Waals surface area contributed by atoms with Crippen molar-refractivity contribution in [3.63, 3.8) is 0 Å². The Morgan fingerprint density at radius 2 is 1.86 bits per heavy atom. The number of ether oxygens (including phenoxy) is 1. The zero-order valence-electron chi connectivity index (χ0n) is 13.6. The van der Waals surface area contributed by atoms with Crippen LogP contribution in [0.3, 0.4) is 0 Å². The van der Waals surface area contributed by atoms with Crippen LogP contribution in [-0.4, -0.2) is 49.3 Å². The minimum atomic E-state index is -0.466. The maximum Gasteiger partial charge on any atom is 0.122 e. The first-order chi connectivity index (χ1) is 10.0. The van der Waals surface area contributed by atoms with Crippen LogP contribution in [0.4, 0.5) is 0 Å². The van der Waals surface area contributed by atoms with Crippen molar-refractivity contribution in [1.29, 1.82) is 0 Å². The summed E-state index contributed by atoms with van der Waals surface area (Å²) in [6.07, 6.45) is -0.466. The summed E-state index contributed by atoms with van der Waals surface area (Å²) in [6, 6.07) is 6.17. The summed E-state index contributed by atoms with van der Waals surface area (Å²) in [6.45, 7) is 10.4. The van der Waals surface area contributed by atoms with Crippen LogP contribution in [0, 0.1) is 0 Å². The normalized spacial score (nSPS) is 19.5. The van der Waals surface area contributed by atoms with Gasteiger partial charge in [-0.05, 0) is 36.1 Å². The van der Waals surface area contributed by atoms with Gasteiger partial charge in [-0.15, -0.1) is 0 Å². The molecule has 0 bridgehead atoms.